The van der Waals surface area contributed by atoms with Gasteiger partial charge in [-0.2, -0.15) is 0 Å². The summed E-state index contributed by atoms with van der Waals surface area (Å²) in [6.45, 7) is 3.63. The van der Waals surface area contributed by atoms with E-state index in [1.807, 2.05) is 6.08 Å². The third kappa shape index (κ3) is 17.0. The second kappa shape index (κ2) is 24.4. The van der Waals surface area contributed by atoms with Gasteiger partial charge in [0, 0.05) is 6.42 Å². The monoisotopic (exact) mass is 587 g/mol. The summed E-state index contributed by atoms with van der Waals surface area (Å²) in [5, 5.41) is 53.4. The van der Waals surface area contributed by atoms with Crippen molar-refractivity contribution in [1.82, 2.24) is 5.32 Å². The molecule has 1 aliphatic rings. The number of aliphatic hydroxyl groups excluding tert-OH is 5. The summed E-state index contributed by atoms with van der Waals surface area (Å²) in [7, 11) is 0. The Balaban J connectivity index is 2.50. The fourth-order valence-electron chi connectivity index (χ4n) is 5.09. The highest BCUT2D eigenvalue weighted by molar-refractivity contribution is 5.76. The first-order valence-corrected chi connectivity index (χ1v) is 16.4. The number of unbranched alkanes of at least 4 members (excludes halogenated alkanes) is 15. The average Bonchev–Trinajstić information content (AvgIpc) is 2.97. The highest BCUT2D eigenvalue weighted by atomic mass is 16.7. The molecule has 9 nitrogen and oxygen atoms in total. The maximum Gasteiger partial charge on any atom is 0.220 e. The first-order chi connectivity index (χ1) is 19.8. The summed E-state index contributed by atoms with van der Waals surface area (Å²) in [6, 6.07) is -0.793. The molecule has 0 aromatic carbocycles. The number of ether oxygens (including phenoxy) is 2. The van der Waals surface area contributed by atoms with E-state index in [-0.39, 0.29) is 12.5 Å². The normalized spacial score (nSPS) is 24.5. The average molecular weight is 588 g/mol. The minimum Gasteiger partial charge on any atom is -0.394 e. The Morgan fingerprint density at radius 1 is 0.805 bits per heavy atom. The number of rotatable bonds is 25. The lowest BCUT2D eigenvalue weighted by molar-refractivity contribution is -0.302. The lowest BCUT2D eigenvalue weighted by atomic mass is 9.99. The molecule has 0 aromatic rings. The predicted octanol–water partition coefficient (Wildman–Crippen LogP) is 4.27. The van der Waals surface area contributed by atoms with E-state index in [1.165, 1.54) is 57.8 Å². The molecule has 242 valence electrons. The van der Waals surface area contributed by atoms with Crippen molar-refractivity contribution in [2.45, 2.75) is 172 Å². The quantitative estimate of drug-likeness (QED) is 0.0685. The molecule has 9 heteroatoms. The van der Waals surface area contributed by atoms with Gasteiger partial charge in [-0.3, -0.25) is 4.79 Å². The van der Waals surface area contributed by atoms with Gasteiger partial charge in [-0.05, 0) is 19.3 Å². The second-order valence-electron chi connectivity index (χ2n) is 11.6. The molecule has 0 aliphatic carbocycles. The first-order valence-electron chi connectivity index (χ1n) is 16.4. The molecule has 1 aliphatic heterocycles. The van der Waals surface area contributed by atoms with Crippen molar-refractivity contribution in [3.8, 4) is 0 Å². The van der Waals surface area contributed by atoms with E-state index in [9.17, 15) is 30.3 Å². The molecule has 1 heterocycles. The standard InChI is InChI=1S/C32H61NO8/c1-3-5-7-9-10-11-12-13-14-15-16-18-19-21-26(35)25(33-28(36)22-20-17-8-6-4-2)24-40-32-31(39)30(38)29(37)27(23-34)41-32/h19,21,25-27,29-32,34-35,37-39H,3-18,20,22-24H2,1-2H3,(H,33,36)/b21-19+/t25-,26-,27?,29?,30?,31?,32?/m0/s1. The van der Waals surface area contributed by atoms with Crippen LogP contribution in [0.5, 0.6) is 0 Å². The van der Waals surface area contributed by atoms with Gasteiger partial charge in [0.05, 0.1) is 25.4 Å². The highest BCUT2D eigenvalue weighted by Crippen LogP contribution is 2.22. The molecule has 1 fully saturated rings. The summed E-state index contributed by atoms with van der Waals surface area (Å²) < 4.78 is 11.0. The van der Waals surface area contributed by atoms with E-state index in [0.717, 1.165) is 51.4 Å². The summed E-state index contributed by atoms with van der Waals surface area (Å²) in [6.07, 6.45) is 15.8. The molecular formula is C32H61NO8. The Bertz CT molecular complexity index is 662. The van der Waals surface area contributed by atoms with Crippen molar-refractivity contribution in [3.63, 3.8) is 0 Å². The molecule has 6 N–H and O–H groups in total. The van der Waals surface area contributed by atoms with Crippen molar-refractivity contribution >= 4 is 5.91 Å². The van der Waals surface area contributed by atoms with Crippen LogP contribution in [-0.4, -0.2) is 87.5 Å². The molecule has 1 amide bonds. The van der Waals surface area contributed by atoms with E-state index in [2.05, 4.69) is 19.2 Å². The first kappa shape index (κ1) is 38.0. The molecule has 0 aromatic heterocycles. The van der Waals surface area contributed by atoms with E-state index < -0.39 is 49.5 Å². The van der Waals surface area contributed by atoms with Crippen LogP contribution in [0.25, 0.3) is 0 Å². The smallest absolute Gasteiger partial charge is 0.220 e. The van der Waals surface area contributed by atoms with Crippen LogP contribution < -0.4 is 5.32 Å². The van der Waals surface area contributed by atoms with Crippen molar-refractivity contribution in [2.75, 3.05) is 13.2 Å². The van der Waals surface area contributed by atoms with Crippen LogP contribution in [0.2, 0.25) is 0 Å². The summed E-state index contributed by atoms with van der Waals surface area (Å²) in [5.41, 5.74) is 0. The zero-order valence-corrected chi connectivity index (χ0v) is 25.8. The van der Waals surface area contributed by atoms with Crippen LogP contribution in [-0.2, 0) is 14.3 Å². The number of allylic oxidation sites excluding steroid dienone is 1. The fourth-order valence-corrected chi connectivity index (χ4v) is 5.09. The number of carbonyl (C=O) groups excluding carboxylic acids is 1. The molecule has 41 heavy (non-hydrogen) atoms. The summed E-state index contributed by atoms with van der Waals surface area (Å²) in [4.78, 5) is 12.6. The lowest BCUT2D eigenvalue weighted by Crippen LogP contribution is -2.60. The Hall–Kier alpha value is -1.07. The molecule has 7 atom stereocenters. The number of nitrogens with one attached hydrogen (secondary N) is 1. The lowest BCUT2D eigenvalue weighted by Gasteiger charge is -2.40. The zero-order valence-electron chi connectivity index (χ0n) is 25.8. The molecular weight excluding hydrogens is 526 g/mol. The van der Waals surface area contributed by atoms with Gasteiger partial charge in [-0.1, -0.05) is 116 Å². The van der Waals surface area contributed by atoms with Gasteiger partial charge in [0.15, 0.2) is 6.29 Å². The van der Waals surface area contributed by atoms with Crippen molar-refractivity contribution in [1.29, 1.82) is 0 Å². The number of aliphatic hydroxyl groups is 5. The number of hydrogen-bond donors (Lipinski definition) is 6. The Kier molecular flexibility index (Phi) is 22.6. The number of amides is 1. The second-order valence-corrected chi connectivity index (χ2v) is 11.6. The van der Waals surface area contributed by atoms with Crippen molar-refractivity contribution in [3.05, 3.63) is 12.2 Å². The van der Waals surface area contributed by atoms with Crippen LogP contribution in [0.1, 0.15) is 129 Å². The topological polar surface area (TPSA) is 149 Å². The van der Waals surface area contributed by atoms with Gasteiger partial charge < -0.3 is 40.3 Å². The Labute approximate surface area is 248 Å². The third-order valence-electron chi connectivity index (χ3n) is 7.86. The largest absolute Gasteiger partial charge is 0.394 e. The zero-order chi connectivity index (χ0) is 30.3. The number of carbonyl (C=O) groups is 1. The summed E-state index contributed by atoms with van der Waals surface area (Å²) >= 11 is 0. The molecule has 5 unspecified atom stereocenters. The van der Waals surface area contributed by atoms with Gasteiger partial charge >= 0.3 is 0 Å². The van der Waals surface area contributed by atoms with Crippen LogP contribution in [0.15, 0.2) is 12.2 Å². The van der Waals surface area contributed by atoms with Gasteiger partial charge in [0.2, 0.25) is 5.91 Å². The van der Waals surface area contributed by atoms with E-state index >= 15 is 0 Å². The SMILES string of the molecule is CCCCCCCCCCCCC/C=C/[C@H](O)[C@H](COC1OC(CO)C(O)C(O)C1O)NC(=O)CCCCCCC. The summed E-state index contributed by atoms with van der Waals surface area (Å²) in [5.74, 6) is -0.193. The minimum absolute atomic E-state index is 0.186. The van der Waals surface area contributed by atoms with Crippen LogP contribution >= 0.6 is 0 Å². The molecule has 0 saturated carbocycles. The Morgan fingerprint density at radius 2 is 1.34 bits per heavy atom. The molecule has 1 rings (SSSR count). The fraction of sp³-hybridized carbons (Fsp3) is 0.906. The highest BCUT2D eigenvalue weighted by Gasteiger charge is 2.44. The van der Waals surface area contributed by atoms with Gasteiger partial charge in [-0.15, -0.1) is 0 Å². The van der Waals surface area contributed by atoms with E-state index in [0.29, 0.717) is 6.42 Å². The maximum atomic E-state index is 12.6. The van der Waals surface area contributed by atoms with Gasteiger partial charge in [-0.25, -0.2) is 0 Å². The van der Waals surface area contributed by atoms with Crippen LogP contribution in [0.3, 0.4) is 0 Å². The van der Waals surface area contributed by atoms with E-state index in [1.54, 1.807) is 6.08 Å². The number of hydrogen-bond acceptors (Lipinski definition) is 8. The molecule has 0 radical (unpaired) electrons. The Morgan fingerprint density at radius 3 is 1.90 bits per heavy atom. The molecule has 0 bridgehead atoms. The van der Waals surface area contributed by atoms with Gasteiger partial charge in [0.25, 0.3) is 0 Å². The van der Waals surface area contributed by atoms with E-state index in [4.69, 9.17) is 9.47 Å². The maximum absolute atomic E-state index is 12.6. The molecule has 1 saturated heterocycles. The predicted molar refractivity (Wildman–Crippen MR) is 161 cm³/mol. The molecule has 0 spiro atoms. The van der Waals surface area contributed by atoms with Crippen LogP contribution in [0.4, 0.5) is 0 Å². The third-order valence-corrected chi connectivity index (χ3v) is 7.86. The van der Waals surface area contributed by atoms with Crippen molar-refractivity contribution in [2.24, 2.45) is 0 Å². The van der Waals surface area contributed by atoms with Crippen LogP contribution in [0, 0.1) is 0 Å². The minimum atomic E-state index is -1.56. The van der Waals surface area contributed by atoms with Gasteiger partial charge in [0.1, 0.15) is 24.4 Å². The van der Waals surface area contributed by atoms with Crippen molar-refractivity contribution < 1.29 is 39.8 Å².